The number of carbonyl (C=O) groups is 1. The van der Waals surface area contributed by atoms with Gasteiger partial charge in [-0.05, 0) is 41.4 Å². The third-order valence-corrected chi connectivity index (χ3v) is 4.24. The van der Waals surface area contributed by atoms with Gasteiger partial charge in [0.1, 0.15) is 5.69 Å². The van der Waals surface area contributed by atoms with Crippen LogP contribution >= 0.6 is 23.2 Å². The van der Waals surface area contributed by atoms with Crippen LogP contribution in [0.15, 0.2) is 54.7 Å². The average molecular weight is 406 g/mol. The summed E-state index contributed by atoms with van der Waals surface area (Å²) in [6, 6.07) is 13.0. The second-order valence-electron chi connectivity index (χ2n) is 5.69. The summed E-state index contributed by atoms with van der Waals surface area (Å²) in [6.07, 6.45) is 0.104. The van der Waals surface area contributed by atoms with Gasteiger partial charge >= 0.3 is 0 Å². The summed E-state index contributed by atoms with van der Waals surface area (Å²) in [6.45, 7) is 0.0249. The van der Waals surface area contributed by atoms with Crippen LogP contribution in [0.25, 0.3) is 11.3 Å². The van der Waals surface area contributed by atoms with E-state index in [0.29, 0.717) is 21.7 Å². The highest BCUT2D eigenvalue weighted by molar-refractivity contribution is 6.30. The number of carbonyl (C=O) groups excluding carboxylic acids is 1. The van der Waals surface area contributed by atoms with Crippen molar-refractivity contribution < 1.29 is 14.3 Å². The minimum atomic E-state index is -0.885. The van der Waals surface area contributed by atoms with Crippen molar-refractivity contribution in [3.8, 4) is 11.3 Å². The molecule has 1 unspecified atom stereocenters. The maximum atomic E-state index is 13.8. The zero-order valence-corrected chi connectivity index (χ0v) is 15.4. The number of nitrogens with one attached hydrogen (secondary N) is 1. The lowest BCUT2D eigenvalue weighted by molar-refractivity contribution is 0.0916. The van der Waals surface area contributed by atoms with Crippen molar-refractivity contribution in [2.24, 2.45) is 0 Å². The van der Waals surface area contributed by atoms with E-state index in [4.69, 9.17) is 23.2 Å². The number of nitrogens with zero attached hydrogens (tertiary/aromatic N) is 2. The first-order chi connectivity index (χ1) is 12.9. The van der Waals surface area contributed by atoms with Gasteiger partial charge in [-0.25, -0.2) is 14.4 Å². The molecule has 1 amide bonds. The van der Waals surface area contributed by atoms with Crippen molar-refractivity contribution in [2.75, 3.05) is 6.54 Å². The maximum absolute atomic E-state index is 13.8. The van der Waals surface area contributed by atoms with Gasteiger partial charge in [-0.2, -0.15) is 0 Å². The van der Waals surface area contributed by atoms with E-state index in [1.807, 2.05) is 0 Å². The number of hydrogen-bond acceptors (Lipinski definition) is 4. The minimum Gasteiger partial charge on any atom is -0.387 e. The number of halogens is 3. The van der Waals surface area contributed by atoms with E-state index < -0.39 is 11.9 Å². The molecule has 0 aliphatic rings. The molecule has 1 atom stereocenters. The highest BCUT2D eigenvalue weighted by atomic mass is 35.5. The van der Waals surface area contributed by atoms with Gasteiger partial charge in [0.15, 0.2) is 5.82 Å². The summed E-state index contributed by atoms with van der Waals surface area (Å²) in [5.74, 6) is -0.981. The van der Waals surface area contributed by atoms with Gasteiger partial charge in [0.2, 0.25) is 5.28 Å². The number of rotatable bonds is 5. The fourth-order valence-electron chi connectivity index (χ4n) is 2.45. The predicted molar refractivity (Wildman–Crippen MR) is 101 cm³/mol. The summed E-state index contributed by atoms with van der Waals surface area (Å²) in [7, 11) is 0. The molecule has 2 aromatic carbocycles. The first kappa shape index (κ1) is 19.2. The Labute approximate surface area is 164 Å². The largest absolute Gasteiger partial charge is 0.387 e. The monoisotopic (exact) mass is 405 g/mol. The molecule has 5 nitrogen and oxygen atoms in total. The van der Waals surface area contributed by atoms with Crippen LogP contribution in [-0.4, -0.2) is 27.5 Å². The summed E-state index contributed by atoms with van der Waals surface area (Å²) in [5, 5.41) is 13.2. The molecule has 0 saturated heterocycles. The van der Waals surface area contributed by atoms with Crippen LogP contribution in [0.4, 0.5) is 4.39 Å². The smallest absolute Gasteiger partial charge is 0.251 e. The van der Waals surface area contributed by atoms with Gasteiger partial charge in [-0.3, -0.25) is 4.79 Å². The quantitative estimate of drug-likeness (QED) is 0.627. The molecule has 1 aromatic heterocycles. The van der Waals surface area contributed by atoms with Crippen LogP contribution in [-0.2, 0) is 0 Å². The molecule has 0 saturated carbocycles. The van der Waals surface area contributed by atoms with Gasteiger partial charge in [0.25, 0.3) is 5.91 Å². The fourth-order valence-corrected chi connectivity index (χ4v) is 2.78. The molecule has 0 radical (unpaired) electrons. The van der Waals surface area contributed by atoms with Crippen molar-refractivity contribution in [2.45, 2.75) is 6.10 Å². The topological polar surface area (TPSA) is 75.1 Å². The van der Waals surface area contributed by atoms with E-state index in [-0.39, 0.29) is 23.4 Å². The zero-order chi connectivity index (χ0) is 19.4. The second-order valence-corrected chi connectivity index (χ2v) is 6.47. The summed E-state index contributed by atoms with van der Waals surface area (Å²) in [5.41, 5.74) is 1.48. The molecular weight excluding hydrogens is 392 g/mol. The maximum Gasteiger partial charge on any atom is 0.251 e. The molecule has 8 heteroatoms. The van der Waals surface area contributed by atoms with Gasteiger partial charge in [0.05, 0.1) is 12.3 Å². The molecule has 0 aliphatic carbocycles. The first-order valence-electron chi connectivity index (χ1n) is 7.94. The van der Waals surface area contributed by atoms with Gasteiger partial charge in [-0.15, -0.1) is 0 Å². The van der Waals surface area contributed by atoms with Crippen molar-refractivity contribution in [3.63, 3.8) is 0 Å². The Balaban J connectivity index is 1.66. The molecule has 0 fully saturated rings. The molecule has 138 valence electrons. The third-order valence-electron chi connectivity index (χ3n) is 3.82. The van der Waals surface area contributed by atoms with Crippen molar-refractivity contribution >= 4 is 29.1 Å². The number of hydrogen-bond donors (Lipinski definition) is 2. The lowest BCUT2D eigenvalue weighted by Crippen LogP contribution is -2.28. The lowest BCUT2D eigenvalue weighted by Gasteiger charge is -2.13. The van der Waals surface area contributed by atoms with E-state index in [9.17, 15) is 14.3 Å². The molecule has 3 aromatic rings. The fraction of sp³-hybridized carbons (Fsp3) is 0.105. The number of aliphatic hydroxyl groups is 1. The zero-order valence-electron chi connectivity index (χ0n) is 13.9. The Kier molecular flexibility index (Phi) is 6.01. The van der Waals surface area contributed by atoms with Crippen LogP contribution in [0.3, 0.4) is 0 Å². The van der Waals surface area contributed by atoms with Gasteiger partial charge < -0.3 is 10.4 Å². The number of benzene rings is 2. The molecular formula is C19H14Cl2FN3O2. The summed E-state index contributed by atoms with van der Waals surface area (Å²) >= 11 is 11.6. The average Bonchev–Trinajstić information content (AvgIpc) is 2.68. The molecule has 2 N–H and O–H groups in total. The Bertz CT molecular complexity index is 967. The van der Waals surface area contributed by atoms with Crippen LogP contribution in [0.5, 0.6) is 0 Å². The number of aromatic nitrogens is 2. The van der Waals surface area contributed by atoms with E-state index in [0.717, 1.165) is 6.20 Å². The molecule has 3 rings (SSSR count). The highest BCUT2D eigenvalue weighted by Crippen LogP contribution is 2.22. The van der Waals surface area contributed by atoms with Crippen molar-refractivity contribution in [3.05, 3.63) is 82.0 Å². The molecule has 0 spiro atoms. The Morgan fingerprint density at radius 1 is 1.19 bits per heavy atom. The van der Waals surface area contributed by atoms with Crippen LogP contribution in [0.1, 0.15) is 22.0 Å². The van der Waals surface area contributed by atoms with Crippen molar-refractivity contribution in [1.82, 2.24) is 15.3 Å². The Morgan fingerprint density at radius 3 is 2.63 bits per heavy atom. The van der Waals surface area contributed by atoms with Crippen LogP contribution < -0.4 is 5.32 Å². The van der Waals surface area contributed by atoms with Gasteiger partial charge in [0, 0.05) is 22.7 Å². The van der Waals surface area contributed by atoms with Crippen molar-refractivity contribution in [1.29, 1.82) is 0 Å². The van der Waals surface area contributed by atoms with Gasteiger partial charge in [-0.1, -0.05) is 35.9 Å². The van der Waals surface area contributed by atoms with E-state index in [1.54, 1.807) is 36.4 Å². The molecule has 0 aliphatic heterocycles. The van der Waals surface area contributed by atoms with Crippen LogP contribution in [0, 0.1) is 5.82 Å². The Hall–Kier alpha value is -2.54. The predicted octanol–water partition coefficient (Wildman–Crippen LogP) is 4.05. The standard InChI is InChI=1S/C19H14Cl2FN3O2/c20-14-3-1-2-13(8-14)16(26)10-23-18(27)12-6-4-11(5-7-12)17-15(22)9-24-19(21)25-17/h1-9,16,26H,10H2,(H,23,27). The van der Waals surface area contributed by atoms with E-state index in [1.165, 1.54) is 12.1 Å². The van der Waals surface area contributed by atoms with Crippen LogP contribution in [0.2, 0.25) is 10.3 Å². The third kappa shape index (κ3) is 4.80. The second kappa shape index (κ2) is 8.43. The first-order valence-corrected chi connectivity index (χ1v) is 8.70. The minimum absolute atomic E-state index is 0.0249. The molecule has 1 heterocycles. The summed E-state index contributed by atoms with van der Waals surface area (Å²) in [4.78, 5) is 19.7. The number of aliphatic hydroxyl groups excluding tert-OH is 1. The molecule has 27 heavy (non-hydrogen) atoms. The van der Waals surface area contributed by atoms with E-state index >= 15 is 0 Å². The lowest BCUT2D eigenvalue weighted by atomic mass is 10.1. The normalized spacial score (nSPS) is 11.9. The molecule has 0 bridgehead atoms. The highest BCUT2D eigenvalue weighted by Gasteiger charge is 2.13. The SMILES string of the molecule is O=C(NCC(O)c1cccc(Cl)c1)c1ccc(-c2nc(Cl)ncc2F)cc1. The van der Waals surface area contributed by atoms with E-state index in [2.05, 4.69) is 15.3 Å². The Morgan fingerprint density at radius 2 is 1.93 bits per heavy atom. The number of amides is 1. The summed E-state index contributed by atoms with van der Waals surface area (Å²) < 4.78 is 13.8.